The van der Waals surface area contributed by atoms with E-state index in [1.807, 2.05) is 13.0 Å². The summed E-state index contributed by atoms with van der Waals surface area (Å²) in [4.78, 5) is 20.8. The summed E-state index contributed by atoms with van der Waals surface area (Å²) in [5.41, 5.74) is 6.25. The molecule has 104 valence electrons. The van der Waals surface area contributed by atoms with E-state index in [4.69, 9.17) is 5.73 Å². The molecule has 1 aliphatic heterocycles. The number of hydrogen-bond donors (Lipinski definition) is 1. The number of pyridine rings is 1. The summed E-state index contributed by atoms with van der Waals surface area (Å²) in [5.74, 6) is 1.00. The van der Waals surface area contributed by atoms with Crippen molar-refractivity contribution in [2.75, 3.05) is 37.3 Å². The van der Waals surface area contributed by atoms with E-state index in [1.54, 1.807) is 17.2 Å². The summed E-state index contributed by atoms with van der Waals surface area (Å²) in [6.45, 7) is 4.60. The van der Waals surface area contributed by atoms with Crippen molar-refractivity contribution in [3.8, 4) is 0 Å². The van der Waals surface area contributed by atoms with Crippen LogP contribution in [0.3, 0.4) is 0 Å². The molecule has 2 N–H and O–H groups in total. The van der Waals surface area contributed by atoms with E-state index in [1.165, 1.54) is 0 Å². The number of piperidine rings is 1. The lowest BCUT2D eigenvalue weighted by molar-refractivity contribution is -0.123. The van der Waals surface area contributed by atoms with Gasteiger partial charge in [-0.05, 0) is 52.0 Å². The fourth-order valence-corrected chi connectivity index (χ4v) is 2.46. The molecule has 1 aromatic heterocycles. The first-order valence-corrected chi connectivity index (χ1v) is 6.83. The monoisotopic (exact) mass is 262 g/mol. The molecule has 0 saturated carbocycles. The van der Waals surface area contributed by atoms with Crippen molar-refractivity contribution in [3.05, 3.63) is 18.3 Å². The highest BCUT2D eigenvalue weighted by atomic mass is 16.2. The van der Waals surface area contributed by atoms with Gasteiger partial charge in [0.15, 0.2) is 0 Å². The third-order valence-electron chi connectivity index (χ3n) is 3.70. The number of hydrogen-bond acceptors (Lipinski definition) is 4. The van der Waals surface area contributed by atoms with Crippen molar-refractivity contribution in [2.24, 2.45) is 5.92 Å². The van der Waals surface area contributed by atoms with Crippen LogP contribution in [0.15, 0.2) is 18.3 Å². The van der Waals surface area contributed by atoms with Crippen LogP contribution in [0, 0.1) is 5.92 Å². The number of rotatable bonds is 3. The van der Waals surface area contributed by atoms with Gasteiger partial charge in [0.1, 0.15) is 5.82 Å². The average molecular weight is 262 g/mol. The second kappa shape index (κ2) is 6.02. The Morgan fingerprint density at radius 3 is 2.68 bits per heavy atom. The zero-order valence-corrected chi connectivity index (χ0v) is 11.7. The van der Waals surface area contributed by atoms with Gasteiger partial charge in [-0.3, -0.25) is 9.69 Å². The maximum Gasteiger partial charge on any atom is 0.231 e. The van der Waals surface area contributed by atoms with Crippen molar-refractivity contribution in [2.45, 2.75) is 19.8 Å². The van der Waals surface area contributed by atoms with Gasteiger partial charge < -0.3 is 10.6 Å². The Balaban J connectivity index is 2.08. The fourth-order valence-electron chi connectivity index (χ4n) is 2.46. The van der Waals surface area contributed by atoms with E-state index >= 15 is 0 Å². The molecule has 5 nitrogen and oxygen atoms in total. The number of nitrogens with zero attached hydrogens (tertiary/aromatic N) is 3. The van der Waals surface area contributed by atoms with E-state index in [0.717, 1.165) is 25.9 Å². The Kier molecular flexibility index (Phi) is 4.37. The Morgan fingerprint density at radius 2 is 2.16 bits per heavy atom. The van der Waals surface area contributed by atoms with Crippen LogP contribution in [0.4, 0.5) is 11.5 Å². The minimum absolute atomic E-state index is 0.121. The van der Waals surface area contributed by atoms with E-state index in [2.05, 4.69) is 16.9 Å². The largest absolute Gasteiger partial charge is 0.397 e. The summed E-state index contributed by atoms with van der Waals surface area (Å²) in [6, 6.07) is 3.60. The molecule has 2 rings (SSSR count). The molecule has 1 fully saturated rings. The maximum absolute atomic E-state index is 12.6. The topological polar surface area (TPSA) is 62.5 Å². The van der Waals surface area contributed by atoms with Gasteiger partial charge in [0.2, 0.25) is 5.91 Å². The van der Waals surface area contributed by atoms with Crippen molar-refractivity contribution >= 4 is 17.4 Å². The van der Waals surface area contributed by atoms with E-state index in [0.29, 0.717) is 18.1 Å². The summed E-state index contributed by atoms with van der Waals surface area (Å²) >= 11 is 0. The Morgan fingerprint density at radius 1 is 1.47 bits per heavy atom. The number of nitrogen functional groups attached to an aromatic ring is 1. The molecular weight excluding hydrogens is 240 g/mol. The van der Waals surface area contributed by atoms with Crippen LogP contribution < -0.4 is 10.6 Å². The zero-order valence-electron chi connectivity index (χ0n) is 11.7. The lowest BCUT2D eigenvalue weighted by atomic mass is 9.95. The molecule has 1 aliphatic rings. The minimum atomic E-state index is 0.121. The van der Waals surface area contributed by atoms with E-state index in [9.17, 15) is 4.79 Å². The summed E-state index contributed by atoms with van der Waals surface area (Å²) in [7, 11) is 2.10. The molecule has 0 spiro atoms. The number of carbonyl (C=O) groups is 1. The van der Waals surface area contributed by atoms with Crippen LogP contribution in [0.1, 0.15) is 19.8 Å². The molecular formula is C14H22N4O. The van der Waals surface area contributed by atoms with Gasteiger partial charge in [-0.15, -0.1) is 0 Å². The predicted octanol–water partition coefficient (Wildman–Crippen LogP) is 1.36. The first-order chi connectivity index (χ1) is 9.11. The lowest BCUT2D eigenvalue weighted by Crippen LogP contribution is -2.41. The van der Waals surface area contributed by atoms with Crippen LogP contribution in [0.5, 0.6) is 0 Å². The molecule has 1 saturated heterocycles. The van der Waals surface area contributed by atoms with Crippen LogP contribution in [0.25, 0.3) is 0 Å². The average Bonchev–Trinajstić information content (AvgIpc) is 2.42. The molecule has 0 aliphatic carbocycles. The molecule has 1 amide bonds. The van der Waals surface area contributed by atoms with Gasteiger partial charge >= 0.3 is 0 Å². The number of likely N-dealkylation sites (tertiary alicyclic amines) is 1. The van der Waals surface area contributed by atoms with Gasteiger partial charge in [-0.1, -0.05) is 0 Å². The predicted molar refractivity (Wildman–Crippen MR) is 76.9 cm³/mol. The van der Waals surface area contributed by atoms with Gasteiger partial charge in [-0.25, -0.2) is 4.98 Å². The highest BCUT2D eigenvalue weighted by Crippen LogP contribution is 2.22. The number of aromatic nitrogens is 1. The minimum Gasteiger partial charge on any atom is -0.397 e. The first-order valence-electron chi connectivity index (χ1n) is 6.83. The van der Waals surface area contributed by atoms with Crippen LogP contribution >= 0.6 is 0 Å². The van der Waals surface area contributed by atoms with Crippen LogP contribution in [-0.2, 0) is 4.79 Å². The Labute approximate surface area is 114 Å². The van der Waals surface area contributed by atoms with Crippen molar-refractivity contribution < 1.29 is 4.79 Å². The first kappa shape index (κ1) is 13.8. The fraction of sp³-hybridized carbons (Fsp3) is 0.571. The van der Waals surface area contributed by atoms with E-state index in [-0.39, 0.29) is 11.8 Å². The van der Waals surface area contributed by atoms with Crippen molar-refractivity contribution in [1.82, 2.24) is 9.88 Å². The normalized spacial score (nSPS) is 17.4. The molecule has 5 heteroatoms. The lowest BCUT2D eigenvalue weighted by Gasteiger charge is -2.31. The van der Waals surface area contributed by atoms with Crippen molar-refractivity contribution in [3.63, 3.8) is 0 Å². The van der Waals surface area contributed by atoms with Gasteiger partial charge in [-0.2, -0.15) is 0 Å². The third-order valence-corrected chi connectivity index (χ3v) is 3.70. The second-order valence-electron chi connectivity index (χ2n) is 5.11. The standard InChI is InChI=1S/C14H22N4O/c1-3-18(13-5-4-12(15)10-16-13)14(19)11-6-8-17(2)9-7-11/h4-5,10-11H,3,6-9,15H2,1-2H3. The Hall–Kier alpha value is -1.62. The quantitative estimate of drug-likeness (QED) is 0.893. The summed E-state index contributed by atoms with van der Waals surface area (Å²) in [6.07, 6.45) is 3.46. The number of amides is 1. The zero-order chi connectivity index (χ0) is 13.8. The van der Waals surface area contributed by atoms with Gasteiger partial charge in [0.25, 0.3) is 0 Å². The molecule has 0 aromatic carbocycles. The number of carbonyl (C=O) groups excluding carboxylic acids is 1. The molecule has 0 radical (unpaired) electrons. The number of nitrogens with two attached hydrogens (primary N) is 1. The maximum atomic E-state index is 12.6. The van der Waals surface area contributed by atoms with Crippen molar-refractivity contribution in [1.29, 1.82) is 0 Å². The third kappa shape index (κ3) is 3.23. The molecule has 2 heterocycles. The summed E-state index contributed by atoms with van der Waals surface area (Å²) < 4.78 is 0. The van der Waals surface area contributed by atoms with Gasteiger partial charge in [0.05, 0.1) is 11.9 Å². The van der Waals surface area contributed by atoms with Gasteiger partial charge in [0, 0.05) is 12.5 Å². The molecule has 0 unspecified atom stereocenters. The van der Waals surface area contributed by atoms with E-state index < -0.39 is 0 Å². The highest BCUT2D eigenvalue weighted by Gasteiger charge is 2.27. The Bertz CT molecular complexity index is 424. The second-order valence-corrected chi connectivity index (χ2v) is 5.11. The molecule has 1 aromatic rings. The molecule has 0 bridgehead atoms. The molecule has 0 atom stereocenters. The van der Waals surface area contributed by atoms with Crippen LogP contribution in [-0.4, -0.2) is 42.5 Å². The van der Waals surface area contributed by atoms with Crippen LogP contribution in [0.2, 0.25) is 0 Å². The smallest absolute Gasteiger partial charge is 0.231 e. The summed E-state index contributed by atoms with van der Waals surface area (Å²) in [5, 5.41) is 0. The highest BCUT2D eigenvalue weighted by molar-refractivity contribution is 5.94. The SMILES string of the molecule is CCN(C(=O)C1CCN(C)CC1)c1ccc(N)cn1. The molecule has 19 heavy (non-hydrogen) atoms. The number of anilines is 2.